The fraction of sp³-hybridized carbons (Fsp3) is 0.500. The van der Waals surface area contributed by atoms with E-state index in [2.05, 4.69) is 5.32 Å². The highest BCUT2D eigenvalue weighted by atomic mass is 16.2. The third-order valence-electron chi connectivity index (χ3n) is 4.24. The number of carbonyl (C=O) groups is 3. The molecule has 130 valence electrons. The average molecular weight is 331 g/mol. The van der Waals surface area contributed by atoms with Crippen molar-refractivity contribution in [3.63, 3.8) is 0 Å². The van der Waals surface area contributed by atoms with Crippen molar-refractivity contribution < 1.29 is 14.4 Å². The molecule has 2 atom stereocenters. The second-order valence-corrected chi connectivity index (χ2v) is 6.37. The fourth-order valence-corrected chi connectivity index (χ4v) is 2.97. The quantitative estimate of drug-likeness (QED) is 0.868. The van der Waals surface area contributed by atoms with Gasteiger partial charge in [0.1, 0.15) is 12.1 Å². The van der Waals surface area contributed by atoms with Crippen LogP contribution in [0.15, 0.2) is 30.3 Å². The molecule has 1 aliphatic heterocycles. The largest absolute Gasteiger partial charge is 0.347 e. The average Bonchev–Trinajstić information content (AvgIpc) is 3.04. The van der Waals surface area contributed by atoms with Gasteiger partial charge in [0.25, 0.3) is 0 Å². The lowest BCUT2D eigenvalue weighted by atomic mass is 10.1. The Morgan fingerprint density at radius 1 is 1.25 bits per heavy atom. The van der Waals surface area contributed by atoms with Crippen molar-refractivity contribution >= 4 is 17.7 Å². The van der Waals surface area contributed by atoms with Crippen LogP contribution in [0, 0.1) is 0 Å². The Balaban J connectivity index is 1.98. The molecule has 1 aromatic rings. The van der Waals surface area contributed by atoms with Crippen molar-refractivity contribution in [3.8, 4) is 0 Å². The van der Waals surface area contributed by atoms with Gasteiger partial charge >= 0.3 is 0 Å². The zero-order valence-electron chi connectivity index (χ0n) is 14.5. The molecule has 1 fully saturated rings. The predicted octanol–water partition coefficient (Wildman–Crippen LogP) is 0.813. The highest BCUT2D eigenvalue weighted by Gasteiger charge is 2.35. The van der Waals surface area contributed by atoms with Gasteiger partial charge in [-0.25, -0.2) is 0 Å². The topological polar surface area (TPSA) is 69.7 Å². The monoisotopic (exact) mass is 331 g/mol. The molecule has 0 aliphatic carbocycles. The number of likely N-dealkylation sites (N-methyl/N-ethyl adjacent to an activating group) is 1. The first-order valence-corrected chi connectivity index (χ1v) is 8.25. The number of rotatable bonds is 5. The zero-order chi connectivity index (χ0) is 17.7. The molecule has 0 aromatic heterocycles. The van der Waals surface area contributed by atoms with Crippen molar-refractivity contribution in [1.29, 1.82) is 0 Å². The van der Waals surface area contributed by atoms with E-state index in [0.717, 1.165) is 12.0 Å². The highest BCUT2D eigenvalue weighted by Crippen LogP contribution is 2.19. The molecule has 0 radical (unpaired) electrons. The molecule has 1 aromatic carbocycles. The summed E-state index contributed by atoms with van der Waals surface area (Å²) in [6.07, 6.45) is 1.72. The lowest BCUT2D eigenvalue weighted by molar-refractivity contribution is -0.139. The van der Waals surface area contributed by atoms with Crippen LogP contribution in [0.5, 0.6) is 0 Å². The summed E-state index contributed by atoms with van der Waals surface area (Å²) in [7, 11) is 3.30. The molecule has 1 aliphatic rings. The highest BCUT2D eigenvalue weighted by molar-refractivity contribution is 5.92. The Morgan fingerprint density at radius 3 is 2.54 bits per heavy atom. The molecule has 0 saturated carbocycles. The number of amides is 3. The third kappa shape index (κ3) is 4.34. The summed E-state index contributed by atoms with van der Waals surface area (Å²) < 4.78 is 0. The van der Waals surface area contributed by atoms with Gasteiger partial charge in [0.2, 0.25) is 17.7 Å². The molecular formula is C18H25N3O3. The van der Waals surface area contributed by atoms with E-state index < -0.39 is 12.1 Å². The van der Waals surface area contributed by atoms with Crippen molar-refractivity contribution in [3.05, 3.63) is 35.9 Å². The first kappa shape index (κ1) is 18.0. The maximum atomic E-state index is 12.5. The molecule has 1 heterocycles. The lowest BCUT2D eigenvalue weighted by Crippen LogP contribution is -2.52. The molecular weight excluding hydrogens is 306 g/mol. The Labute approximate surface area is 142 Å². The van der Waals surface area contributed by atoms with Crippen LogP contribution in [0.2, 0.25) is 0 Å². The number of carbonyl (C=O) groups excluding carboxylic acids is 3. The zero-order valence-corrected chi connectivity index (χ0v) is 14.5. The number of nitrogens with zero attached hydrogens (tertiary/aromatic N) is 2. The standard InChI is InChI=1S/C18H25N3O3/c1-13(18(24)20(2)3)19-17(23)15-10-7-11-21(15)16(22)12-14-8-5-4-6-9-14/h4-6,8-9,13,15H,7,10-12H2,1-3H3,(H,19,23). The van der Waals surface area contributed by atoms with Gasteiger partial charge in [0.05, 0.1) is 6.42 Å². The molecule has 3 amide bonds. The fourth-order valence-electron chi connectivity index (χ4n) is 2.97. The van der Waals surface area contributed by atoms with Crippen molar-refractivity contribution in [2.24, 2.45) is 0 Å². The third-order valence-corrected chi connectivity index (χ3v) is 4.24. The predicted molar refractivity (Wildman–Crippen MR) is 91.2 cm³/mol. The van der Waals surface area contributed by atoms with E-state index in [1.54, 1.807) is 25.9 Å². The molecule has 6 heteroatoms. The molecule has 1 N–H and O–H groups in total. The molecule has 0 spiro atoms. The van der Waals surface area contributed by atoms with Crippen LogP contribution in [0.4, 0.5) is 0 Å². The summed E-state index contributed by atoms with van der Waals surface area (Å²) in [4.78, 5) is 40.0. The normalized spacial score (nSPS) is 18.1. The van der Waals surface area contributed by atoms with E-state index in [9.17, 15) is 14.4 Å². The van der Waals surface area contributed by atoms with Gasteiger partial charge in [0.15, 0.2) is 0 Å². The van der Waals surface area contributed by atoms with Crippen molar-refractivity contribution in [2.45, 2.75) is 38.3 Å². The van der Waals surface area contributed by atoms with E-state index in [0.29, 0.717) is 13.0 Å². The van der Waals surface area contributed by atoms with E-state index in [1.807, 2.05) is 30.3 Å². The smallest absolute Gasteiger partial charge is 0.244 e. The van der Waals surface area contributed by atoms with E-state index in [4.69, 9.17) is 0 Å². The molecule has 2 rings (SSSR count). The van der Waals surface area contributed by atoms with Gasteiger partial charge in [0, 0.05) is 20.6 Å². The summed E-state index contributed by atoms with van der Waals surface area (Å²) in [5.41, 5.74) is 0.935. The lowest BCUT2D eigenvalue weighted by Gasteiger charge is -2.26. The molecule has 24 heavy (non-hydrogen) atoms. The Hall–Kier alpha value is -2.37. The first-order valence-electron chi connectivity index (χ1n) is 8.25. The van der Waals surface area contributed by atoms with Gasteiger partial charge in [-0.2, -0.15) is 0 Å². The summed E-state index contributed by atoms with van der Waals surface area (Å²) >= 11 is 0. The van der Waals surface area contributed by atoms with Gasteiger partial charge in [-0.1, -0.05) is 30.3 Å². The number of hydrogen-bond acceptors (Lipinski definition) is 3. The SMILES string of the molecule is CC(NC(=O)C1CCCN1C(=O)Cc1ccccc1)C(=O)N(C)C. The van der Waals surface area contributed by atoms with E-state index >= 15 is 0 Å². The minimum Gasteiger partial charge on any atom is -0.347 e. The second-order valence-electron chi connectivity index (χ2n) is 6.37. The number of hydrogen-bond donors (Lipinski definition) is 1. The van der Waals surface area contributed by atoms with Crippen LogP contribution in [-0.2, 0) is 20.8 Å². The van der Waals surface area contributed by atoms with Gasteiger partial charge in [-0.3, -0.25) is 14.4 Å². The van der Waals surface area contributed by atoms with E-state index in [-0.39, 0.29) is 24.1 Å². The maximum absolute atomic E-state index is 12.5. The van der Waals surface area contributed by atoms with Crippen LogP contribution in [0.1, 0.15) is 25.3 Å². The summed E-state index contributed by atoms with van der Waals surface area (Å²) in [6, 6.07) is 8.42. The van der Waals surface area contributed by atoms with Gasteiger partial charge < -0.3 is 15.1 Å². The van der Waals surface area contributed by atoms with Crippen LogP contribution in [0.25, 0.3) is 0 Å². The van der Waals surface area contributed by atoms with Gasteiger partial charge in [-0.15, -0.1) is 0 Å². The van der Waals surface area contributed by atoms with E-state index in [1.165, 1.54) is 4.90 Å². The van der Waals surface area contributed by atoms with Crippen LogP contribution < -0.4 is 5.32 Å². The molecule has 2 unspecified atom stereocenters. The first-order chi connectivity index (χ1) is 11.4. The Morgan fingerprint density at radius 2 is 1.92 bits per heavy atom. The maximum Gasteiger partial charge on any atom is 0.244 e. The number of benzene rings is 1. The summed E-state index contributed by atoms with van der Waals surface area (Å²) in [5, 5.41) is 2.73. The Bertz CT molecular complexity index is 601. The Kier molecular flexibility index (Phi) is 5.95. The minimum atomic E-state index is -0.598. The van der Waals surface area contributed by atoms with Crippen LogP contribution >= 0.6 is 0 Å². The van der Waals surface area contributed by atoms with Crippen LogP contribution in [0.3, 0.4) is 0 Å². The second kappa shape index (κ2) is 7.95. The van der Waals surface area contributed by atoms with Crippen molar-refractivity contribution in [2.75, 3.05) is 20.6 Å². The number of nitrogens with one attached hydrogen (secondary N) is 1. The molecule has 6 nitrogen and oxygen atoms in total. The molecule has 0 bridgehead atoms. The van der Waals surface area contributed by atoms with Gasteiger partial charge in [-0.05, 0) is 25.3 Å². The number of likely N-dealkylation sites (tertiary alicyclic amines) is 1. The summed E-state index contributed by atoms with van der Waals surface area (Å²) in [6.45, 7) is 2.24. The summed E-state index contributed by atoms with van der Waals surface area (Å²) in [5.74, 6) is -0.467. The van der Waals surface area contributed by atoms with Crippen LogP contribution in [-0.4, -0.2) is 60.2 Å². The minimum absolute atomic E-state index is 0.0505. The van der Waals surface area contributed by atoms with Crippen molar-refractivity contribution in [1.82, 2.24) is 15.1 Å². The molecule has 1 saturated heterocycles.